The molecule has 1 saturated heterocycles. The molecule has 0 radical (unpaired) electrons. The highest BCUT2D eigenvalue weighted by Gasteiger charge is 2.29. The Labute approximate surface area is 139 Å². The van der Waals surface area contributed by atoms with Crippen LogP contribution in [0.15, 0.2) is 28.8 Å². The lowest BCUT2D eigenvalue weighted by molar-refractivity contribution is -0.138. The largest absolute Gasteiger partial charge is 0.366 e. The first-order valence-electron chi connectivity index (χ1n) is 8.00. The summed E-state index contributed by atoms with van der Waals surface area (Å²) in [6.07, 6.45) is -0.236. The molecule has 0 bridgehead atoms. The Hall–Kier alpha value is -2.28. The third-order valence-electron chi connectivity index (χ3n) is 3.90. The van der Waals surface area contributed by atoms with Gasteiger partial charge in [0.25, 0.3) is 0 Å². The third-order valence-corrected chi connectivity index (χ3v) is 3.90. The van der Waals surface area contributed by atoms with Crippen LogP contribution >= 0.6 is 0 Å². The second kappa shape index (κ2) is 7.09. The van der Waals surface area contributed by atoms with Crippen LogP contribution in [0.5, 0.6) is 0 Å². The van der Waals surface area contributed by atoms with Crippen molar-refractivity contribution >= 4 is 5.91 Å². The van der Waals surface area contributed by atoms with E-state index < -0.39 is 6.10 Å². The highest BCUT2D eigenvalue weighted by atomic mass is 19.1. The monoisotopic (exact) mass is 333 g/mol. The van der Waals surface area contributed by atoms with E-state index in [1.54, 1.807) is 17.0 Å². The molecule has 1 aliphatic heterocycles. The summed E-state index contributed by atoms with van der Waals surface area (Å²) in [4.78, 5) is 18.5. The van der Waals surface area contributed by atoms with Crippen molar-refractivity contribution in [1.29, 1.82) is 0 Å². The molecule has 6 nitrogen and oxygen atoms in total. The Balaban J connectivity index is 1.65. The number of carbonyl (C=O) groups excluding carboxylic acids is 1. The molecule has 0 aliphatic carbocycles. The van der Waals surface area contributed by atoms with Gasteiger partial charge in [-0.3, -0.25) is 4.79 Å². The molecule has 3 rings (SSSR count). The van der Waals surface area contributed by atoms with Crippen LogP contribution in [-0.2, 0) is 16.0 Å². The molecule has 24 heavy (non-hydrogen) atoms. The van der Waals surface area contributed by atoms with Crippen molar-refractivity contribution in [3.05, 3.63) is 47.4 Å². The molecular weight excluding hydrogens is 313 g/mol. The van der Waals surface area contributed by atoms with Gasteiger partial charge >= 0.3 is 0 Å². The quantitative estimate of drug-likeness (QED) is 0.860. The number of morpholine rings is 1. The van der Waals surface area contributed by atoms with E-state index in [2.05, 4.69) is 10.1 Å². The maximum atomic E-state index is 13.2. The van der Waals surface area contributed by atoms with E-state index in [1.807, 2.05) is 13.8 Å². The number of carbonyl (C=O) groups is 1. The van der Waals surface area contributed by atoms with Gasteiger partial charge in [0, 0.05) is 12.5 Å². The minimum atomic E-state index is -0.397. The predicted octanol–water partition coefficient (Wildman–Crippen LogP) is 2.47. The number of rotatable bonds is 4. The van der Waals surface area contributed by atoms with Gasteiger partial charge in [-0.1, -0.05) is 31.1 Å². The standard InChI is InChI=1S/C17H20FN3O3/c1-11(2)17-19-16(20-24-17)14-10-21(6-7-23-14)15(22)9-12-4-3-5-13(18)8-12/h3-5,8,11,14H,6-7,9-10H2,1-2H3. The van der Waals surface area contributed by atoms with Crippen molar-refractivity contribution in [1.82, 2.24) is 15.0 Å². The Morgan fingerprint density at radius 2 is 2.29 bits per heavy atom. The van der Waals surface area contributed by atoms with Gasteiger partial charge < -0.3 is 14.2 Å². The van der Waals surface area contributed by atoms with E-state index in [0.29, 0.717) is 37.0 Å². The second-order valence-corrected chi connectivity index (χ2v) is 6.15. The fourth-order valence-electron chi connectivity index (χ4n) is 2.58. The number of ether oxygens (including phenoxy) is 1. The molecule has 2 heterocycles. The topological polar surface area (TPSA) is 68.5 Å². The minimum absolute atomic E-state index is 0.0681. The smallest absolute Gasteiger partial charge is 0.229 e. The molecule has 1 fully saturated rings. The number of benzene rings is 1. The average molecular weight is 333 g/mol. The molecule has 1 atom stereocenters. The Morgan fingerprint density at radius 1 is 1.46 bits per heavy atom. The van der Waals surface area contributed by atoms with Crippen LogP contribution < -0.4 is 0 Å². The fraction of sp³-hybridized carbons (Fsp3) is 0.471. The average Bonchev–Trinajstić information content (AvgIpc) is 3.05. The van der Waals surface area contributed by atoms with E-state index in [1.165, 1.54) is 12.1 Å². The summed E-state index contributed by atoms with van der Waals surface area (Å²) in [7, 11) is 0. The van der Waals surface area contributed by atoms with Crippen LogP contribution in [0.4, 0.5) is 4.39 Å². The van der Waals surface area contributed by atoms with Crippen molar-refractivity contribution in [3.63, 3.8) is 0 Å². The molecule has 128 valence electrons. The third kappa shape index (κ3) is 3.79. The highest BCUT2D eigenvalue weighted by Crippen LogP contribution is 2.22. The van der Waals surface area contributed by atoms with E-state index in [9.17, 15) is 9.18 Å². The molecule has 0 saturated carbocycles. The van der Waals surface area contributed by atoms with Crippen LogP contribution in [0.2, 0.25) is 0 Å². The summed E-state index contributed by atoms with van der Waals surface area (Å²) in [5.41, 5.74) is 0.657. The van der Waals surface area contributed by atoms with Gasteiger partial charge in [0.2, 0.25) is 17.6 Å². The van der Waals surface area contributed by atoms with Crippen LogP contribution in [0.1, 0.15) is 43.1 Å². The second-order valence-electron chi connectivity index (χ2n) is 6.15. The van der Waals surface area contributed by atoms with Gasteiger partial charge in [-0.2, -0.15) is 4.98 Å². The van der Waals surface area contributed by atoms with E-state index in [-0.39, 0.29) is 24.1 Å². The number of amides is 1. The SMILES string of the molecule is CC(C)c1nc(C2CN(C(=O)Cc3cccc(F)c3)CCO2)no1. The maximum Gasteiger partial charge on any atom is 0.229 e. The Bertz CT molecular complexity index is 717. The van der Waals surface area contributed by atoms with Crippen molar-refractivity contribution < 1.29 is 18.4 Å². The molecule has 1 unspecified atom stereocenters. The summed E-state index contributed by atoms with van der Waals surface area (Å²) in [5, 5.41) is 3.95. The van der Waals surface area contributed by atoms with Gasteiger partial charge in [-0.25, -0.2) is 4.39 Å². The first-order chi connectivity index (χ1) is 11.5. The van der Waals surface area contributed by atoms with Crippen LogP contribution in [-0.4, -0.2) is 40.6 Å². The summed E-state index contributed by atoms with van der Waals surface area (Å²) < 4.78 is 24.1. The molecule has 7 heteroatoms. The van der Waals surface area contributed by atoms with Gasteiger partial charge in [0.15, 0.2) is 0 Å². The summed E-state index contributed by atoms with van der Waals surface area (Å²) >= 11 is 0. The number of hydrogen-bond acceptors (Lipinski definition) is 5. The molecule has 2 aromatic rings. The molecular formula is C17H20FN3O3. The summed E-state index contributed by atoms with van der Waals surface area (Å²) in [6, 6.07) is 6.09. The van der Waals surface area contributed by atoms with Crippen LogP contribution in [0.3, 0.4) is 0 Å². The normalized spacial score (nSPS) is 18.2. The number of halogens is 1. The number of aromatic nitrogens is 2. The van der Waals surface area contributed by atoms with Crippen molar-refractivity contribution in [2.24, 2.45) is 0 Å². The number of hydrogen-bond donors (Lipinski definition) is 0. The van der Waals surface area contributed by atoms with Gasteiger partial charge in [-0.15, -0.1) is 0 Å². The molecule has 1 aliphatic rings. The van der Waals surface area contributed by atoms with Crippen LogP contribution in [0, 0.1) is 5.82 Å². The van der Waals surface area contributed by atoms with Crippen LogP contribution in [0.25, 0.3) is 0 Å². The van der Waals surface area contributed by atoms with Gasteiger partial charge in [0.05, 0.1) is 19.6 Å². The highest BCUT2D eigenvalue weighted by molar-refractivity contribution is 5.78. The van der Waals surface area contributed by atoms with Crippen molar-refractivity contribution in [2.45, 2.75) is 32.3 Å². The Morgan fingerprint density at radius 3 is 3.00 bits per heavy atom. The lowest BCUT2D eigenvalue weighted by Gasteiger charge is -2.31. The van der Waals surface area contributed by atoms with E-state index in [4.69, 9.17) is 9.26 Å². The zero-order chi connectivity index (χ0) is 17.1. The minimum Gasteiger partial charge on any atom is -0.366 e. The first-order valence-corrected chi connectivity index (χ1v) is 8.00. The van der Waals surface area contributed by atoms with Crippen molar-refractivity contribution in [3.8, 4) is 0 Å². The zero-order valence-electron chi connectivity index (χ0n) is 13.7. The molecule has 1 aromatic carbocycles. The van der Waals surface area contributed by atoms with Gasteiger partial charge in [-0.05, 0) is 17.7 Å². The lowest BCUT2D eigenvalue weighted by atomic mass is 10.1. The summed E-state index contributed by atoms with van der Waals surface area (Å²) in [5.74, 6) is 0.744. The first kappa shape index (κ1) is 16.6. The Kier molecular flexibility index (Phi) is 4.89. The van der Waals surface area contributed by atoms with Gasteiger partial charge in [0.1, 0.15) is 11.9 Å². The predicted molar refractivity (Wildman–Crippen MR) is 83.8 cm³/mol. The fourth-order valence-corrected chi connectivity index (χ4v) is 2.58. The molecule has 0 spiro atoms. The summed E-state index contributed by atoms with van der Waals surface area (Å²) in [6.45, 7) is 5.21. The molecule has 1 aromatic heterocycles. The van der Waals surface area contributed by atoms with E-state index in [0.717, 1.165) is 0 Å². The zero-order valence-corrected chi connectivity index (χ0v) is 13.7. The lowest BCUT2D eigenvalue weighted by Crippen LogP contribution is -2.43. The number of nitrogens with zero attached hydrogens (tertiary/aromatic N) is 3. The molecule has 0 N–H and O–H groups in total. The van der Waals surface area contributed by atoms with Crippen molar-refractivity contribution in [2.75, 3.05) is 19.7 Å². The molecule has 1 amide bonds. The maximum absolute atomic E-state index is 13.2. The van der Waals surface area contributed by atoms with E-state index >= 15 is 0 Å².